The Hall–Kier alpha value is -0.470. The number of nitrogens with one attached hydrogen (secondary N) is 2. The van der Waals surface area contributed by atoms with Gasteiger partial charge in [-0.25, -0.2) is 4.99 Å². The van der Waals surface area contributed by atoms with Crippen molar-refractivity contribution in [1.82, 2.24) is 15.5 Å². The summed E-state index contributed by atoms with van der Waals surface area (Å²) in [4.78, 5) is 7.46. The smallest absolute Gasteiger partial charge is 0.191 e. The summed E-state index contributed by atoms with van der Waals surface area (Å²) in [7, 11) is 0. The molecule has 1 atom stereocenters. The highest BCUT2D eigenvalue weighted by Crippen LogP contribution is 2.25. The average molecular weight is 503 g/mol. The standard InChI is InChI=1S/C21H34N4S.HI/c1-2-22-21(24-16-20-11-8-14-26-20)23-15-18-9-4-5-10-19(18)17-25-12-6-3-7-13-25;/h4-5,9-10,20H,2-3,6-8,11-17H2,1H3,(H2,22,23,24);1H. The van der Waals surface area contributed by atoms with Gasteiger partial charge in [0.1, 0.15) is 0 Å². The normalized spacial score (nSPS) is 20.9. The molecular formula is C21H35IN4S. The second-order valence-electron chi connectivity index (χ2n) is 7.32. The second kappa shape index (κ2) is 12.9. The van der Waals surface area contributed by atoms with Crippen LogP contribution in [0.1, 0.15) is 50.2 Å². The fraction of sp³-hybridized carbons (Fsp3) is 0.667. The van der Waals surface area contributed by atoms with Gasteiger partial charge in [-0.3, -0.25) is 4.90 Å². The Bertz CT molecular complexity index is 569. The third-order valence-corrected chi connectivity index (χ3v) is 6.63. The van der Waals surface area contributed by atoms with Gasteiger partial charge in [-0.15, -0.1) is 24.0 Å². The summed E-state index contributed by atoms with van der Waals surface area (Å²) in [5.41, 5.74) is 2.78. The Morgan fingerprint density at radius 2 is 1.89 bits per heavy atom. The molecule has 0 spiro atoms. The van der Waals surface area contributed by atoms with Crippen LogP contribution in [0.4, 0.5) is 0 Å². The number of aliphatic imine (C=N–C) groups is 1. The molecule has 2 fully saturated rings. The highest BCUT2D eigenvalue weighted by atomic mass is 127. The van der Waals surface area contributed by atoms with E-state index < -0.39 is 0 Å². The van der Waals surface area contributed by atoms with Gasteiger partial charge in [0.05, 0.1) is 6.54 Å². The van der Waals surface area contributed by atoms with Crippen LogP contribution in [0, 0.1) is 0 Å². The van der Waals surface area contributed by atoms with Gasteiger partial charge in [-0.2, -0.15) is 11.8 Å². The molecule has 27 heavy (non-hydrogen) atoms. The minimum Gasteiger partial charge on any atom is -0.357 e. The molecular weight excluding hydrogens is 467 g/mol. The number of nitrogens with zero attached hydrogens (tertiary/aromatic N) is 2. The van der Waals surface area contributed by atoms with Crippen molar-refractivity contribution in [3.8, 4) is 0 Å². The van der Waals surface area contributed by atoms with Crippen molar-refractivity contribution in [1.29, 1.82) is 0 Å². The van der Waals surface area contributed by atoms with Crippen LogP contribution in [0.3, 0.4) is 0 Å². The monoisotopic (exact) mass is 502 g/mol. The lowest BCUT2D eigenvalue weighted by molar-refractivity contribution is 0.220. The van der Waals surface area contributed by atoms with Crippen LogP contribution in [0.15, 0.2) is 29.3 Å². The Morgan fingerprint density at radius 3 is 2.59 bits per heavy atom. The molecule has 3 rings (SSSR count). The summed E-state index contributed by atoms with van der Waals surface area (Å²) in [6.45, 7) is 8.34. The molecule has 2 N–H and O–H groups in total. The van der Waals surface area contributed by atoms with Crippen LogP contribution >= 0.6 is 35.7 Å². The van der Waals surface area contributed by atoms with Crippen LogP contribution in [0.5, 0.6) is 0 Å². The summed E-state index contributed by atoms with van der Waals surface area (Å²) in [5, 5.41) is 7.68. The van der Waals surface area contributed by atoms with Gasteiger partial charge < -0.3 is 10.6 Å². The fourth-order valence-corrected chi connectivity index (χ4v) is 4.95. The molecule has 0 bridgehead atoms. The topological polar surface area (TPSA) is 39.7 Å². The highest BCUT2D eigenvalue weighted by Gasteiger charge is 2.16. The van der Waals surface area contributed by atoms with Crippen molar-refractivity contribution in [3.63, 3.8) is 0 Å². The number of hydrogen-bond acceptors (Lipinski definition) is 3. The van der Waals surface area contributed by atoms with E-state index in [0.717, 1.165) is 37.4 Å². The molecule has 1 aromatic rings. The summed E-state index contributed by atoms with van der Waals surface area (Å²) < 4.78 is 0. The van der Waals surface area contributed by atoms with E-state index in [1.54, 1.807) is 0 Å². The molecule has 6 heteroatoms. The molecule has 0 aliphatic carbocycles. The van der Waals surface area contributed by atoms with Gasteiger partial charge in [-0.1, -0.05) is 30.7 Å². The first kappa shape index (κ1) is 22.8. The summed E-state index contributed by atoms with van der Waals surface area (Å²) in [6.07, 6.45) is 6.76. The van der Waals surface area contributed by atoms with Crippen LogP contribution in [-0.2, 0) is 13.1 Å². The summed E-state index contributed by atoms with van der Waals surface area (Å²) in [5.74, 6) is 2.26. The number of halogens is 1. The SMILES string of the molecule is CCNC(=NCc1ccccc1CN1CCCCC1)NCC1CCCS1.I. The molecule has 0 amide bonds. The predicted octanol–water partition coefficient (Wildman–Crippen LogP) is 4.24. The van der Waals surface area contributed by atoms with Gasteiger partial charge in [0, 0.05) is 24.9 Å². The third kappa shape index (κ3) is 7.81. The van der Waals surface area contributed by atoms with Crippen LogP contribution in [0.2, 0.25) is 0 Å². The van der Waals surface area contributed by atoms with Gasteiger partial charge in [0.2, 0.25) is 0 Å². The molecule has 2 aliphatic rings. The van der Waals surface area contributed by atoms with E-state index in [2.05, 4.69) is 58.5 Å². The Morgan fingerprint density at radius 1 is 1.11 bits per heavy atom. The maximum absolute atomic E-state index is 4.87. The molecule has 1 unspecified atom stereocenters. The number of rotatable bonds is 7. The van der Waals surface area contributed by atoms with Crippen molar-refractivity contribution in [3.05, 3.63) is 35.4 Å². The number of likely N-dealkylation sites (tertiary alicyclic amines) is 1. The van der Waals surface area contributed by atoms with E-state index in [-0.39, 0.29) is 24.0 Å². The lowest BCUT2D eigenvalue weighted by Crippen LogP contribution is -2.40. The quantitative estimate of drug-likeness (QED) is 0.333. The van der Waals surface area contributed by atoms with E-state index in [9.17, 15) is 0 Å². The van der Waals surface area contributed by atoms with E-state index in [1.165, 1.54) is 62.1 Å². The predicted molar refractivity (Wildman–Crippen MR) is 129 cm³/mol. The van der Waals surface area contributed by atoms with Crippen molar-refractivity contribution in [2.45, 2.75) is 57.4 Å². The van der Waals surface area contributed by atoms with E-state index in [0.29, 0.717) is 0 Å². The lowest BCUT2D eigenvalue weighted by atomic mass is 10.1. The first-order valence-electron chi connectivity index (χ1n) is 10.3. The third-order valence-electron chi connectivity index (χ3n) is 5.23. The first-order valence-corrected chi connectivity index (χ1v) is 11.3. The Kier molecular flexibility index (Phi) is 10.9. The van der Waals surface area contributed by atoms with Crippen LogP contribution < -0.4 is 10.6 Å². The van der Waals surface area contributed by atoms with Crippen LogP contribution in [-0.4, -0.2) is 48.0 Å². The van der Waals surface area contributed by atoms with Crippen LogP contribution in [0.25, 0.3) is 0 Å². The zero-order valence-corrected chi connectivity index (χ0v) is 19.7. The fourth-order valence-electron chi connectivity index (χ4n) is 3.75. The number of thioether (sulfide) groups is 1. The zero-order chi connectivity index (χ0) is 18.0. The maximum atomic E-state index is 4.87. The maximum Gasteiger partial charge on any atom is 0.191 e. The highest BCUT2D eigenvalue weighted by molar-refractivity contribution is 14.0. The second-order valence-corrected chi connectivity index (χ2v) is 8.72. The van der Waals surface area contributed by atoms with Crippen molar-refractivity contribution < 1.29 is 0 Å². The van der Waals surface area contributed by atoms with Gasteiger partial charge in [0.25, 0.3) is 0 Å². The number of hydrogen-bond donors (Lipinski definition) is 2. The molecule has 0 aromatic heterocycles. The largest absolute Gasteiger partial charge is 0.357 e. The number of guanidine groups is 1. The average Bonchev–Trinajstić information content (AvgIpc) is 3.19. The van der Waals surface area contributed by atoms with Gasteiger partial charge in [0.15, 0.2) is 5.96 Å². The summed E-state index contributed by atoms with van der Waals surface area (Å²) in [6, 6.07) is 8.81. The number of benzene rings is 1. The van der Waals surface area contributed by atoms with Gasteiger partial charge >= 0.3 is 0 Å². The molecule has 152 valence electrons. The van der Waals surface area contributed by atoms with Crippen molar-refractivity contribution >= 4 is 41.7 Å². The Labute approximate surface area is 186 Å². The summed E-state index contributed by atoms with van der Waals surface area (Å²) >= 11 is 2.09. The molecule has 2 aliphatic heterocycles. The molecule has 2 saturated heterocycles. The Balaban J connectivity index is 0.00000261. The minimum absolute atomic E-state index is 0. The number of piperidine rings is 1. The molecule has 0 saturated carbocycles. The lowest BCUT2D eigenvalue weighted by Gasteiger charge is -2.27. The zero-order valence-electron chi connectivity index (χ0n) is 16.6. The van der Waals surface area contributed by atoms with E-state index in [1.807, 2.05) is 0 Å². The molecule has 4 nitrogen and oxygen atoms in total. The molecule has 1 aromatic carbocycles. The van der Waals surface area contributed by atoms with E-state index in [4.69, 9.17) is 4.99 Å². The van der Waals surface area contributed by atoms with Crippen molar-refractivity contribution in [2.24, 2.45) is 4.99 Å². The molecule has 2 heterocycles. The van der Waals surface area contributed by atoms with Gasteiger partial charge in [-0.05, 0) is 62.6 Å². The minimum atomic E-state index is 0. The van der Waals surface area contributed by atoms with Crippen molar-refractivity contribution in [2.75, 3.05) is 31.9 Å². The first-order chi connectivity index (χ1) is 12.8. The molecule has 0 radical (unpaired) electrons. The van der Waals surface area contributed by atoms with E-state index >= 15 is 0 Å².